The largest absolute Gasteiger partial charge is 0.352 e. The zero-order valence-corrected chi connectivity index (χ0v) is 28.3. The van der Waals surface area contributed by atoms with Crippen molar-refractivity contribution in [3.8, 4) is 0 Å². The van der Waals surface area contributed by atoms with Gasteiger partial charge in [0.25, 0.3) is 10.0 Å². The van der Waals surface area contributed by atoms with Crippen LogP contribution in [-0.2, 0) is 32.6 Å². The van der Waals surface area contributed by atoms with E-state index < -0.39 is 34.4 Å². The van der Waals surface area contributed by atoms with Gasteiger partial charge in [0.15, 0.2) is 0 Å². The van der Waals surface area contributed by atoms with E-state index in [1.54, 1.807) is 36.4 Å². The first-order valence-electron chi connectivity index (χ1n) is 14.0. The molecule has 0 saturated heterocycles. The van der Waals surface area contributed by atoms with Crippen molar-refractivity contribution in [2.45, 2.75) is 43.8 Å². The number of carbonyl (C=O) groups is 2. The van der Waals surface area contributed by atoms with Gasteiger partial charge in [-0.15, -0.1) is 0 Å². The second-order valence-electron chi connectivity index (χ2n) is 10.5. The highest BCUT2D eigenvalue weighted by Crippen LogP contribution is 2.31. The van der Waals surface area contributed by atoms with Gasteiger partial charge in [-0.3, -0.25) is 13.9 Å². The van der Waals surface area contributed by atoms with Crippen molar-refractivity contribution in [2.24, 2.45) is 0 Å². The molecule has 0 bridgehead atoms. The molecule has 0 fully saturated rings. The predicted molar refractivity (Wildman–Crippen MR) is 182 cm³/mol. The van der Waals surface area contributed by atoms with E-state index in [0.29, 0.717) is 15.6 Å². The van der Waals surface area contributed by atoms with Gasteiger partial charge in [-0.2, -0.15) is 0 Å². The highest BCUT2D eigenvalue weighted by molar-refractivity contribution is 7.92. The Morgan fingerprint density at radius 3 is 1.89 bits per heavy atom. The van der Waals surface area contributed by atoms with Crippen molar-refractivity contribution >= 4 is 73.9 Å². The molecule has 7 nitrogen and oxygen atoms in total. The van der Waals surface area contributed by atoms with Crippen molar-refractivity contribution in [3.05, 3.63) is 128 Å². The van der Waals surface area contributed by atoms with Gasteiger partial charge >= 0.3 is 0 Å². The SMILES string of the molecule is CC(C)NC(=O)[C@@H](Cc1ccccc1)N(Cc1c(Cl)cccc1Cl)C(=O)CN(c1cc(Cl)cc(Cl)c1)S(=O)(=O)c1ccccc1. The highest BCUT2D eigenvalue weighted by atomic mass is 35.5. The molecule has 0 spiro atoms. The lowest BCUT2D eigenvalue weighted by Gasteiger charge is -2.34. The molecule has 4 aromatic rings. The van der Waals surface area contributed by atoms with E-state index in [0.717, 1.165) is 9.87 Å². The second-order valence-corrected chi connectivity index (χ2v) is 14.1. The molecule has 0 heterocycles. The van der Waals surface area contributed by atoms with Crippen molar-refractivity contribution in [3.63, 3.8) is 0 Å². The Morgan fingerprint density at radius 2 is 1.33 bits per heavy atom. The number of benzene rings is 4. The maximum Gasteiger partial charge on any atom is 0.264 e. The van der Waals surface area contributed by atoms with Crippen LogP contribution in [0.1, 0.15) is 25.0 Å². The molecule has 45 heavy (non-hydrogen) atoms. The van der Waals surface area contributed by atoms with E-state index in [4.69, 9.17) is 46.4 Å². The minimum atomic E-state index is -4.31. The highest BCUT2D eigenvalue weighted by Gasteiger charge is 2.35. The number of amides is 2. The summed E-state index contributed by atoms with van der Waals surface area (Å²) in [5.41, 5.74) is 1.28. The molecule has 0 unspecified atom stereocenters. The van der Waals surface area contributed by atoms with Crippen LogP contribution in [0.25, 0.3) is 0 Å². The van der Waals surface area contributed by atoms with E-state index in [-0.39, 0.29) is 39.6 Å². The zero-order valence-electron chi connectivity index (χ0n) is 24.5. The minimum Gasteiger partial charge on any atom is -0.352 e. The monoisotopic (exact) mass is 705 g/mol. The summed E-state index contributed by atoms with van der Waals surface area (Å²) in [6.07, 6.45) is 0.141. The standard InChI is InChI=1S/C33H31Cl4N3O4S/c1-22(2)38-33(42)31(16-23-10-5-3-6-11-23)39(20-28-29(36)14-9-15-30(28)37)32(41)21-40(26-18-24(34)17-25(35)19-26)45(43,44)27-12-7-4-8-13-27/h3-15,17-19,22,31H,16,20-21H2,1-2H3,(H,38,42)/t31-/m1/s1. The number of rotatable bonds is 12. The van der Waals surface area contributed by atoms with Gasteiger partial charge in [0.2, 0.25) is 11.8 Å². The molecular weight excluding hydrogens is 676 g/mol. The molecule has 1 atom stereocenters. The van der Waals surface area contributed by atoms with Crippen LogP contribution < -0.4 is 9.62 Å². The van der Waals surface area contributed by atoms with Crippen LogP contribution in [0.2, 0.25) is 20.1 Å². The fourth-order valence-corrected chi connectivity index (χ4v) is 7.17. The first-order chi connectivity index (χ1) is 21.4. The molecule has 0 aliphatic heterocycles. The lowest BCUT2D eigenvalue weighted by Crippen LogP contribution is -2.54. The molecule has 236 valence electrons. The van der Waals surface area contributed by atoms with Crippen molar-refractivity contribution < 1.29 is 18.0 Å². The Balaban J connectivity index is 1.86. The number of hydrogen-bond acceptors (Lipinski definition) is 4. The van der Waals surface area contributed by atoms with Gasteiger partial charge in [-0.05, 0) is 61.9 Å². The molecule has 0 saturated carbocycles. The van der Waals surface area contributed by atoms with E-state index in [1.807, 2.05) is 44.2 Å². The Hall–Kier alpha value is -3.27. The van der Waals surface area contributed by atoms with Gasteiger partial charge in [-0.1, -0.05) is 101 Å². The number of sulfonamides is 1. The van der Waals surface area contributed by atoms with Crippen LogP contribution >= 0.6 is 46.4 Å². The number of anilines is 1. The summed E-state index contributed by atoms with van der Waals surface area (Å²) >= 11 is 25.6. The molecular formula is C33H31Cl4N3O4S. The van der Waals surface area contributed by atoms with Crippen molar-refractivity contribution in [1.82, 2.24) is 10.2 Å². The number of carbonyl (C=O) groups excluding carboxylic acids is 2. The van der Waals surface area contributed by atoms with Crippen LogP contribution in [-0.4, -0.2) is 43.8 Å². The summed E-state index contributed by atoms with van der Waals surface area (Å²) in [6, 6.07) is 24.8. The number of hydrogen-bond donors (Lipinski definition) is 1. The normalized spacial score (nSPS) is 12.1. The molecule has 4 aromatic carbocycles. The van der Waals surface area contributed by atoms with Gasteiger partial charge < -0.3 is 10.2 Å². The summed E-state index contributed by atoms with van der Waals surface area (Å²) in [7, 11) is -4.31. The van der Waals surface area contributed by atoms with Gasteiger partial charge in [0.1, 0.15) is 12.6 Å². The van der Waals surface area contributed by atoms with Crippen LogP contribution in [0.3, 0.4) is 0 Å². The molecule has 0 aliphatic rings. The zero-order chi connectivity index (χ0) is 32.7. The van der Waals surface area contributed by atoms with E-state index in [9.17, 15) is 18.0 Å². The second kappa shape index (κ2) is 15.3. The number of halogens is 4. The van der Waals surface area contributed by atoms with Crippen LogP contribution in [0.5, 0.6) is 0 Å². The third kappa shape index (κ3) is 8.93. The van der Waals surface area contributed by atoms with E-state index in [1.165, 1.54) is 35.2 Å². The molecule has 12 heteroatoms. The smallest absolute Gasteiger partial charge is 0.264 e. The number of nitrogens with zero attached hydrogens (tertiary/aromatic N) is 2. The fraction of sp³-hybridized carbons (Fsp3) is 0.212. The average molecular weight is 708 g/mol. The maximum absolute atomic E-state index is 14.5. The first-order valence-corrected chi connectivity index (χ1v) is 16.9. The Labute approximate surface area is 283 Å². The van der Waals surface area contributed by atoms with Crippen LogP contribution in [0.4, 0.5) is 5.69 Å². The molecule has 2 amide bonds. The predicted octanol–water partition coefficient (Wildman–Crippen LogP) is 7.66. The Morgan fingerprint density at radius 1 is 0.778 bits per heavy atom. The summed E-state index contributed by atoms with van der Waals surface area (Å²) in [4.78, 5) is 29.6. The summed E-state index contributed by atoms with van der Waals surface area (Å²) < 4.78 is 29.1. The third-order valence-corrected chi connectivity index (χ3v) is 9.77. The van der Waals surface area contributed by atoms with E-state index in [2.05, 4.69) is 5.32 Å². The average Bonchev–Trinajstić information content (AvgIpc) is 2.99. The summed E-state index contributed by atoms with van der Waals surface area (Å²) in [6.45, 7) is 2.77. The lowest BCUT2D eigenvalue weighted by atomic mass is 10.0. The van der Waals surface area contributed by atoms with Gasteiger partial charge in [0, 0.05) is 44.7 Å². The van der Waals surface area contributed by atoms with Crippen LogP contribution in [0.15, 0.2) is 102 Å². The number of nitrogens with one attached hydrogen (secondary N) is 1. The molecule has 4 rings (SSSR count). The van der Waals surface area contributed by atoms with Crippen LogP contribution in [0, 0.1) is 0 Å². The van der Waals surface area contributed by atoms with E-state index >= 15 is 0 Å². The quantitative estimate of drug-likeness (QED) is 0.164. The topological polar surface area (TPSA) is 86.8 Å². The lowest BCUT2D eigenvalue weighted by molar-refractivity contribution is -0.140. The maximum atomic E-state index is 14.5. The Bertz CT molecular complexity index is 1720. The molecule has 0 radical (unpaired) electrons. The molecule has 0 aliphatic carbocycles. The van der Waals surface area contributed by atoms with Gasteiger partial charge in [-0.25, -0.2) is 8.42 Å². The fourth-order valence-electron chi connectivity index (χ4n) is 4.72. The van der Waals surface area contributed by atoms with Crippen molar-refractivity contribution in [2.75, 3.05) is 10.8 Å². The summed E-state index contributed by atoms with van der Waals surface area (Å²) in [5, 5.41) is 3.84. The Kier molecular flexibility index (Phi) is 11.8. The van der Waals surface area contributed by atoms with Crippen molar-refractivity contribution in [1.29, 1.82) is 0 Å². The molecule has 0 aromatic heterocycles. The summed E-state index contributed by atoms with van der Waals surface area (Å²) in [5.74, 6) is -1.10. The molecule has 1 N–H and O–H groups in total. The first kappa shape index (κ1) is 34.6. The third-order valence-electron chi connectivity index (χ3n) is 6.84. The minimum absolute atomic E-state index is 0.0482. The van der Waals surface area contributed by atoms with Gasteiger partial charge in [0.05, 0.1) is 10.6 Å².